The molecule has 172 valence electrons. The number of rotatable bonds is 4. The molecule has 4 rings (SSSR count). The summed E-state index contributed by atoms with van der Waals surface area (Å²) in [7, 11) is 1.62. The first-order valence-corrected chi connectivity index (χ1v) is 11.8. The summed E-state index contributed by atoms with van der Waals surface area (Å²) in [5, 5.41) is 11.5. The van der Waals surface area contributed by atoms with Gasteiger partial charge in [0.05, 0.1) is 30.8 Å². The molecule has 2 aromatic rings. The maximum absolute atomic E-state index is 12.5. The fourth-order valence-corrected chi connectivity index (χ4v) is 5.18. The topological polar surface area (TPSA) is 75.1 Å². The SMILES string of the molecule is C=C(OC)c1cc(N2CCCC2)ccc1-c1nc2c(s1)C(O)CN(C(=O)OC(C)(C)C)C2. The molecule has 1 aromatic carbocycles. The predicted molar refractivity (Wildman–Crippen MR) is 127 cm³/mol. The summed E-state index contributed by atoms with van der Waals surface area (Å²) in [4.78, 5) is 22.0. The third kappa shape index (κ3) is 4.61. The van der Waals surface area contributed by atoms with Gasteiger partial charge in [-0.1, -0.05) is 6.58 Å². The molecule has 1 N–H and O–H groups in total. The van der Waals surface area contributed by atoms with Gasteiger partial charge in [-0.25, -0.2) is 9.78 Å². The molecule has 1 aromatic heterocycles. The minimum Gasteiger partial charge on any atom is -0.497 e. The Bertz CT molecular complexity index is 1020. The third-order valence-corrected chi connectivity index (χ3v) is 6.90. The van der Waals surface area contributed by atoms with Crippen molar-refractivity contribution < 1.29 is 19.4 Å². The van der Waals surface area contributed by atoms with Crippen molar-refractivity contribution in [2.75, 3.05) is 31.6 Å². The molecule has 2 aliphatic heterocycles. The molecule has 3 heterocycles. The number of benzene rings is 1. The van der Waals surface area contributed by atoms with E-state index in [0.29, 0.717) is 18.0 Å². The molecule has 8 heteroatoms. The second kappa shape index (κ2) is 8.75. The highest BCUT2D eigenvalue weighted by atomic mass is 32.1. The Balaban J connectivity index is 1.65. The van der Waals surface area contributed by atoms with Crippen molar-refractivity contribution in [2.24, 2.45) is 0 Å². The van der Waals surface area contributed by atoms with Crippen LogP contribution in [0.1, 0.15) is 55.9 Å². The van der Waals surface area contributed by atoms with Crippen LogP contribution in [0.2, 0.25) is 0 Å². The minimum absolute atomic E-state index is 0.190. The molecule has 0 spiro atoms. The average Bonchev–Trinajstić information content (AvgIpc) is 3.41. The number of hydrogen-bond acceptors (Lipinski definition) is 7. The van der Waals surface area contributed by atoms with E-state index < -0.39 is 17.8 Å². The Morgan fingerprint density at radius 1 is 1.28 bits per heavy atom. The molecule has 7 nitrogen and oxygen atoms in total. The second-order valence-corrected chi connectivity index (χ2v) is 10.3. The van der Waals surface area contributed by atoms with Gasteiger partial charge in [0.2, 0.25) is 0 Å². The zero-order valence-corrected chi connectivity index (χ0v) is 20.0. The number of carbonyl (C=O) groups is 1. The zero-order chi connectivity index (χ0) is 23.0. The summed E-state index contributed by atoms with van der Waals surface area (Å²) in [6.07, 6.45) is 1.16. The molecular formula is C24H31N3O4S. The second-order valence-electron chi connectivity index (χ2n) is 9.26. The number of ether oxygens (including phenoxy) is 2. The quantitative estimate of drug-likeness (QED) is 0.664. The van der Waals surface area contributed by atoms with Crippen molar-refractivity contribution in [3.63, 3.8) is 0 Å². The van der Waals surface area contributed by atoms with E-state index in [9.17, 15) is 9.90 Å². The number of hydrogen-bond donors (Lipinski definition) is 1. The number of aliphatic hydroxyl groups is 1. The van der Waals surface area contributed by atoms with E-state index in [0.717, 1.165) is 39.8 Å². The number of fused-ring (bicyclic) bond motifs is 1. The van der Waals surface area contributed by atoms with Gasteiger partial charge in [0.25, 0.3) is 0 Å². The van der Waals surface area contributed by atoms with Gasteiger partial charge >= 0.3 is 6.09 Å². The molecular weight excluding hydrogens is 426 g/mol. The zero-order valence-electron chi connectivity index (χ0n) is 19.2. The van der Waals surface area contributed by atoms with Crippen LogP contribution in [0.3, 0.4) is 0 Å². The van der Waals surface area contributed by atoms with E-state index in [4.69, 9.17) is 14.5 Å². The molecule has 1 saturated heterocycles. The summed E-state index contributed by atoms with van der Waals surface area (Å²) in [5.74, 6) is 0.574. The number of aliphatic hydroxyl groups excluding tert-OH is 1. The third-order valence-electron chi connectivity index (χ3n) is 5.67. The van der Waals surface area contributed by atoms with Crippen molar-refractivity contribution in [1.82, 2.24) is 9.88 Å². The van der Waals surface area contributed by atoms with Crippen LogP contribution in [-0.2, 0) is 16.0 Å². The Morgan fingerprint density at radius 2 is 2.00 bits per heavy atom. The van der Waals surface area contributed by atoms with Gasteiger partial charge in [-0.15, -0.1) is 11.3 Å². The van der Waals surface area contributed by atoms with Gasteiger partial charge in [0, 0.05) is 29.9 Å². The fraction of sp³-hybridized carbons (Fsp3) is 0.500. The first kappa shape index (κ1) is 22.6. The highest BCUT2D eigenvalue weighted by Gasteiger charge is 2.33. The van der Waals surface area contributed by atoms with E-state index in [2.05, 4.69) is 29.7 Å². The van der Waals surface area contributed by atoms with Crippen LogP contribution in [0, 0.1) is 0 Å². The van der Waals surface area contributed by atoms with Gasteiger partial charge in [-0.2, -0.15) is 0 Å². The molecule has 0 bridgehead atoms. The normalized spacial score (nSPS) is 18.5. The van der Waals surface area contributed by atoms with Crippen molar-refractivity contribution in [1.29, 1.82) is 0 Å². The summed E-state index contributed by atoms with van der Waals surface area (Å²) in [6, 6.07) is 6.27. The lowest BCUT2D eigenvalue weighted by molar-refractivity contribution is 0.00845. The van der Waals surface area contributed by atoms with Crippen LogP contribution in [0.15, 0.2) is 24.8 Å². The highest BCUT2D eigenvalue weighted by Crippen LogP contribution is 2.40. The molecule has 0 saturated carbocycles. The molecule has 1 unspecified atom stereocenters. The summed E-state index contributed by atoms with van der Waals surface area (Å²) < 4.78 is 11.0. The Labute approximate surface area is 193 Å². The maximum atomic E-state index is 12.5. The van der Waals surface area contributed by atoms with Crippen LogP contribution in [0.5, 0.6) is 0 Å². The number of β-amino-alcohol motifs (C(OH)–C–C–N with tert-alkyl or cyclic N) is 1. The van der Waals surface area contributed by atoms with Crippen LogP contribution in [-0.4, -0.2) is 53.4 Å². The lowest BCUT2D eigenvalue weighted by Crippen LogP contribution is -2.41. The van der Waals surface area contributed by atoms with Crippen molar-refractivity contribution in [3.8, 4) is 10.6 Å². The van der Waals surface area contributed by atoms with E-state index in [1.54, 1.807) is 7.11 Å². The number of anilines is 1. The molecule has 1 atom stereocenters. The van der Waals surface area contributed by atoms with E-state index >= 15 is 0 Å². The minimum atomic E-state index is -0.796. The van der Waals surface area contributed by atoms with Gasteiger partial charge in [-0.05, 0) is 51.8 Å². The molecule has 1 fully saturated rings. The van der Waals surface area contributed by atoms with Crippen LogP contribution in [0.25, 0.3) is 16.3 Å². The monoisotopic (exact) mass is 457 g/mol. The standard InChI is InChI=1S/C24H31N3O4S/c1-15(30-5)18-12-16(26-10-6-7-11-26)8-9-17(18)22-25-19-13-27(14-20(28)21(19)32-22)23(29)31-24(2,3)4/h8-9,12,20,28H,1,6-7,10-11,13-14H2,2-5H3. The largest absolute Gasteiger partial charge is 0.497 e. The van der Waals surface area contributed by atoms with Crippen molar-refractivity contribution in [3.05, 3.63) is 40.9 Å². The van der Waals surface area contributed by atoms with E-state index in [1.165, 1.54) is 29.1 Å². The smallest absolute Gasteiger partial charge is 0.410 e. The van der Waals surface area contributed by atoms with Gasteiger partial charge < -0.3 is 19.5 Å². The van der Waals surface area contributed by atoms with Crippen molar-refractivity contribution in [2.45, 2.75) is 51.9 Å². The van der Waals surface area contributed by atoms with Crippen molar-refractivity contribution >= 4 is 28.9 Å². The number of methoxy groups -OCH3 is 1. The molecule has 2 aliphatic rings. The number of thiazole rings is 1. The molecule has 32 heavy (non-hydrogen) atoms. The number of amides is 1. The predicted octanol–water partition coefficient (Wildman–Crippen LogP) is 4.81. The summed E-state index contributed by atoms with van der Waals surface area (Å²) in [6.45, 7) is 12.2. The van der Waals surface area contributed by atoms with Crippen LogP contribution < -0.4 is 4.90 Å². The number of carbonyl (C=O) groups excluding carboxylic acids is 1. The Kier molecular flexibility index (Phi) is 6.18. The van der Waals surface area contributed by atoms with Crippen LogP contribution >= 0.6 is 11.3 Å². The van der Waals surface area contributed by atoms with Crippen LogP contribution in [0.4, 0.5) is 10.5 Å². The first-order chi connectivity index (χ1) is 15.2. The first-order valence-electron chi connectivity index (χ1n) is 10.9. The Morgan fingerprint density at radius 3 is 2.66 bits per heavy atom. The average molecular weight is 458 g/mol. The van der Waals surface area contributed by atoms with Gasteiger partial charge in [0.15, 0.2) is 0 Å². The van der Waals surface area contributed by atoms with E-state index in [-0.39, 0.29) is 6.54 Å². The summed E-state index contributed by atoms with van der Waals surface area (Å²) >= 11 is 1.45. The Hall–Kier alpha value is -2.58. The molecule has 0 radical (unpaired) electrons. The lowest BCUT2D eigenvalue weighted by Gasteiger charge is -2.31. The number of nitrogens with zero attached hydrogens (tertiary/aromatic N) is 3. The summed E-state index contributed by atoms with van der Waals surface area (Å²) in [5.41, 5.74) is 3.06. The molecule has 0 aliphatic carbocycles. The fourth-order valence-electron chi connectivity index (χ4n) is 4.09. The maximum Gasteiger partial charge on any atom is 0.410 e. The lowest BCUT2D eigenvalue weighted by atomic mass is 10.0. The van der Waals surface area contributed by atoms with Gasteiger partial charge in [-0.3, -0.25) is 4.90 Å². The van der Waals surface area contributed by atoms with E-state index in [1.807, 2.05) is 20.8 Å². The van der Waals surface area contributed by atoms with Gasteiger partial charge in [0.1, 0.15) is 22.5 Å². The number of aromatic nitrogens is 1. The highest BCUT2D eigenvalue weighted by molar-refractivity contribution is 7.15. The molecule has 1 amide bonds.